The Bertz CT molecular complexity index is 225. The van der Waals surface area contributed by atoms with Crippen molar-refractivity contribution in [1.29, 1.82) is 0 Å². The number of allylic oxidation sites excluding steroid dienone is 3. The molecule has 0 N–H and O–H groups in total. The van der Waals surface area contributed by atoms with Crippen molar-refractivity contribution >= 4 is 5.78 Å². The van der Waals surface area contributed by atoms with Crippen LogP contribution in [0.4, 0.5) is 0 Å². The molecule has 0 spiro atoms. The third-order valence-electron chi connectivity index (χ3n) is 2.64. The molecule has 0 radical (unpaired) electrons. The SMILES string of the molecule is C=CC1=C[C@@H](C)[C@H](C(C)=O)CC1. The summed E-state index contributed by atoms with van der Waals surface area (Å²) in [6.45, 7) is 7.53. The molecule has 0 amide bonds. The fraction of sp³-hybridized carbons (Fsp3) is 0.545. The summed E-state index contributed by atoms with van der Waals surface area (Å²) >= 11 is 0. The normalized spacial score (nSPS) is 29.3. The first kappa shape index (κ1) is 9.24. The van der Waals surface area contributed by atoms with Gasteiger partial charge in [0.25, 0.3) is 0 Å². The largest absolute Gasteiger partial charge is 0.300 e. The quantitative estimate of drug-likeness (QED) is 0.613. The summed E-state index contributed by atoms with van der Waals surface area (Å²) in [6.07, 6.45) is 6.07. The Hall–Kier alpha value is -0.850. The molecule has 1 rings (SSSR count). The lowest BCUT2D eigenvalue weighted by Gasteiger charge is -2.24. The number of rotatable bonds is 2. The molecule has 0 saturated carbocycles. The highest BCUT2D eigenvalue weighted by molar-refractivity contribution is 5.79. The third-order valence-corrected chi connectivity index (χ3v) is 2.64. The fourth-order valence-electron chi connectivity index (χ4n) is 1.87. The van der Waals surface area contributed by atoms with Crippen LogP contribution in [-0.2, 0) is 4.79 Å². The van der Waals surface area contributed by atoms with E-state index in [0.717, 1.165) is 12.8 Å². The zero-order valence-electron chi connectivity index (χ0n) is 7.84. The highest BCUT2D eigenvalue weighted by Gasteiger charge is 2.23. The lowest BCUT2D eigenvalue weighted by Crippen LogP contribution is -2.21. The van der Waals surface area contributed by atoms with Gasteiger partial charge in [0.15, 0.2) is 0 Å². The lowest BCUT2D eigenvalue weighted by molar-refractivity contribution is -0.122. The summed E-state index contributed by atoms with van der Waals surface area (Å²) in [6, 6.07) is 0. The first-order valence-electron chi connectivity index (χ1n) is 4.48. The van der Waals surface area contributed by atoms with Gasteiger partial charge in [0.2, 0.25) is 0 Å². The van der Waals surface area contributed by atoms with E-state index >= 15 is 0 Å². The van der Waals surface area contributed by atoms with E-state index in [1.807, 2.05) is 6.08 Å². The highest BCUT2D eigenvalue weighted by Crippen LogP contribution is 2.29. The molecule has 1 aliphatic carbocycles. The van der Waals surface area contributed by atoms with Crippen LogP contribution in [0, 0.1) is 11.8 Å². The van der Waals surface area contributed by atoms with Crippen LogP contribution in [0.25, 0.3) is 0 Å². The summed E-state index contributed by atoms with van der Waals surface area (Å²) in [4.78, 5) is 11.1. The van der Waals surface area contributed by atoms with Crippen LogP contribution in [0.1, 0.15) is 26.7 Å². The van der Waals surface area contributed by atoms with E-state index < -0.39 is 0 Å². The maximum absolute atomic E-state index is 11.1. The smallest absolute Gasteiger partial charge is 0.133 e. The zero-order valence-corrected chi connectivity index (χ0v) is 7.84. The maximum Gasteiger partial charge on any atom is 0.133 e. The molecule has 0 aromatic carbocycles. The Kier molecular flexibility index (Phi) is 2.85. The first-order chi connectivity index (χ1) is 5.65. The van der Waals surface area contributed by atoms with Crippen molar-refractivity contribution in [2.75, 3.05) is 0 Å². The van der Waals surface area contributed by atoms with E-state index in [4.69, 9.17) is 0 Å². The van der Waals surface area contributed by atoms with Crippen molar-refractivity contribution in [2.45, 2.75) is 26.7 Å². The molecular formula is C11H16O. The predicted molar refractivity (Wildman–Crippen MR) is 50.8 cm³/mol. The van der Waals surface area contributed by atoms with Crippen molar-refractivity contribution in [3.8, 4) is 0 Å². The van der Waals surface area contributed by atoms with Crippen molar-refractivity contribution in [2.24, 2.45) is 11.8 Å². The van der Waals surface area contributed by atoms with Crippen LogP contribution in [0.3, 0.4) is 0 Å². The number of carbonyl (C=O) groups excluding carboxylic acids is 1. The van der Waals surface area contributed by atoms with Crippen molar-refractivity contribution < 1.29 is 4.79 Å². The van der Waals surface area contributed by atoms with Gasteiger partial charge in [-0.05, 0) is 25.7 Å². The van der Waals surface area contributed by atoms with Gasteiger partial charge in [-0.2, -0.15) is 0 Å². The molecule has 2 atom stereocenters. The number of ketones is 1. The average Bonchev–Trinajstić information content (AvgIpc) is 2.03. The van der Waals surface area contributed by atoms with Gasteiger partial charge in [-0.1, -0.05) is 31.2 Å². The Balaban J connectivity index is 2.72. The van der Waals surface area contributed by atoms with Crippen LogP contribution >= 0.6 is 0 Å². The summed E-state index contributed by atoms with van der Waals surface area (Å²) < 4.78 is 0. The second-order valence-corrected chi connectivity index (χ2v) is 3.56. The number of Topliss-reactive ketones (excluding diaryl/α,β-unsaturated/α-hetero) is 1. The van der Waals surface area contributed by atoms with Crippen LogP contribution < -0.4 is 0 Å². The Morgan fingerprint density at radius 1 is 1.75 bits per heavy atom. The fourth-order valence-corrected chi connectivity index (χ4v) is 1.87. The van der Waals surface area contributed by atoms with Gasteiger partial charge in [-0.3, -0.25) is 4.79 Å². The molecule has 0 aliphatic heterocycles. The van der Waals surface area contributed by atoms with E-state index in [0.29, 0.717) is 11.7 Å². The summed E-state index contributed by atoms with van der Waals surface area (Å²) in [5.41, 5.74) is 1.29. The molecule has 1 nitrogen and oxygen atoms in total. The summed E-state index contributed by atoms with van der Waals surface area (Å²) in [5, 5.41) is 0. The molecule has 1 aliphatic rings. The molecular weight excluding hydrogens is 148 g/mol. The highest BCUT2D eigenvalue weighted by atomic mass is 16.1. The molecule has 0 saturated heterocycles. The second kappa shape index (κ2) is 3.70. The van der Waals surface area contributed by atoms with E-state index in [-0.39, 0.29) is 5.92 Å². The maximum atomic E-state index is 11.1. The van der Waals surface area contributed by atoms with Crippen LogP contribution in [0.15, 0.2) is 24.3 Å². The molecule has 1 heteroatoms. The Morgan fingerprint density at radius 2 is 2.42 bits per heavy atom. The van der Waals surface area contributed by atoms with Crippen molar-refractivity contribution in [1.82, 2.24) is 0 Å². The molecule has 0 heterocycles. The molecule has 0 bridgehead atoms. The summed E-state index contributed by atoms with van der Waals surface area (Å²) in [5.74, 6) is 0.958. The van der Waals surface area contributed by atoms with Crippen LogP contribution in [-0.4, -0.2) is 5.78 Å². The topological polar surface area (TPSA) is 17.1 Å². The number of carbonyl (C=O) groups is 1. The average molecular weight is 164 g/mol. The van der Waals surface area contributed by atoms with Gasteiger partial charge in [-0.15, -0.1) is 0 Å². The summed E-state index contributed by atoms with van der Waals surface area (Å²) in [7, 11) is 0. The van der Waals surface area contributed by atoms with Crippen molar-refractivity contribution in [3.05, 3.63) is 24.3 Å². The van der Waals surface area contributed by atoms with Crippen LogP contribution in [0.2, 0.25) is 0 Å². The van der Waals surface area contributed by atoms with Gasteiger partial charge < -0.3 is 0 Å². The lowest BCUT2D eigenvalue weighted by atomic mass is 9.80. The molecule has 12 heavy (non-hydrogen) atoms. The van der Waals surface area contributed by atoms with Gasteiger partial charge in [-0.25, -0.2) is 0 Å². The third kappa shape index (κ3) is 1.84. The van der Waals surface area contributed by atoms with Crippen LogP contribution in [0.5, 0.6) is 0 Å². The standard InChI is InChI=1S/C11H16O/c1-4-10-5-6-11(9(3)12)8(2)7-10/h4,7-8,11H,1,5-6H2,2-3H3/t8-,11-/m1/s1. The molecule has 66 valence electrons. The van der Waals surface area contributed by atoms with Gasteiger partial charge >= 0.3 is 0 Å². The minimum Gasteiger partial charge on any atom is -0.300 e. The zero-order chi connectivity index (χ0) is 9.14. The number of hydrogen-bond acceptors (Lipinski definition) is 1. The van der Waals surface area contributed by atoms with E-state index in [2.05, 4.69) is 19.6 Å². The first-order valence-corrected chi connectivity index (χ1v) is 4.48. The molecule has 0 aromatic rings. The predicted octanol–water partition coefficient (Wildman–Crippen LogP) is 2.73. The van der Waals surface area contributed by atoms with Gasteiger partial charge in [0.05, 0.1) is 0 Å². The van der Waals surface area contributed by atoms with Gasteiger partial charge in [0, 0.05) is 5.92 Å². The second-order valence-electron chi connectivity index (χ2n) is 3.56. The van der Waals surface area contributed by atoms with E-state index in [1.165, 1.54) is 5.57 Å². The number of hydrogen-bond donors (Lipinski definition) is 0. The van der Waals surface area contributed by atoms with E-state index in [1.54, 1.807) is 6.92 Å². The Labute approximate surface area is 74.2 Å². The molecule has 0 fully saturated rings. The molecule has 0 unspecified atom stereocenters. The van der Waals surface area contributed by atoms with Crippen molar-refractivity contribution in [3.63, 3.8) is 0 Å². The molecule has 0 aromatic heterocycles. The van der Waals surface area contributed by atoms with E-state index in [9.17, 15) is 4.79 Å². The minimum absolute atomic E-state index is 0.244. The minimum atomic E-state index is 0.244. The monoisotopic (exact) mass is 164 g/mol. The Morgan fingerprint density at radius 3 is 2.83 bits per heavy atom. The van der Waals surface area contributed by atoms with Gasteiger partial charge in [0.1, 0.15) is 5.78 Å².